The van der Waals surface area contributed by atoms with Crippen molar-refractivity contribution in [3.8, 4) is 0 Å². The van der Waals surface area contributed by atoms with Crippen LogP contribution in [0, 0.1) is 6.92 Å². The lowest BCUT2D eigenvalue weighted by Crippen LogP contribution is -2.24. The molecule has 1 atom stereocenters. The van der Waals surface area contributed by atoms with Gasteiger partial charge in [-0.25, -0.2) is 13.1 Å². The average Bonchev–Trinajstić information content (AvgIpc) is 2.88. The van der Waals surface area contributed by atoms with Crippen LogP contribution in [-0.4, -0.2) is 40.4 Å². The Morgan fingerprint density at radius 1 is 1.35 bits per heavy atom. The summed E-state index contributed by atoms with van der Waals surface area (Å²) in [5.41, 5.74) is 12.4. The van der Waals surface area contributed by atoms with E-state index in [0.717, 1.165) is 44.8 Å². The quantitative estimate of drug-likeness (QED) is 0.530. The maximum atomic E-state index is 14.0. The molecule has 5 nitrogen and oxygen atoms in total. The number of alkyl halides is 2. The van der Waals surface area contributed by atoms with Gasteiger partial charge in [-0.3, -0.25) is 0 Å². The van der Waals surface area contributed by atoms with Crippen LogP contribution in [0.3, 0.4) is 0 Å². The maximum absolute atomic E-state index is 14.0. The standard InChI is InChI=1S/C22H26F2N4OS2/c1-13-3-4-15(17-6-7-18-20(14(17)2)21(25)27-31-26-18)5-8-19(13)30-28-12-22(23,24)11-16(28)9-10-29/h3,5-8,16,26,29H,4,9-12H2,1-2H3,(H2,25,27). The number of halogens is 2. The summed E-state index contributed by atoms with van der Waals surface area (Å²) in [4.78, 5) is 0.949. The first-order valence-corrected chi connectivity index (χ1v) is 11.7. The second-order valence-corrected chi connectivity index (χ2v) is 9.70. The third-order valence-electron chi connectivity index (χ3n) is 5.83. The van der Waals surface area contributed by atoms with E-state index in [-0.39, 0.29) is 25.6 Å². The summed E-state index contributed by atoms with van der Waals surface area (Å²) in [5.74, 6) is -2.21. The Balaban J connectivity index is 1.61. The van der Waals surface area contributed by atoms with Gasteiger partial charge in [-0.2, -0.15) is 4.40 Å². The molecule has 0 amide bonds. The van der Waals surface area contributed by atoms with E-state index in [4.69, 9.17) is 5.73 Å². The number of aliphatic hydroxyl groups excluding tert-OH is 1. The molecule has 2 heterocycles. The molecule has 1 aliphatic carbocycles. The molecule has 166 valence electrons. The van der Waals surface area contributed by atoms with Crippen molar-refractivity contribution in [1.82, 2.24) is 4.31 Å². The summed E-state index contributed by atoms with van der Waals surface area (Å²) in [7, 11) is 0. The van der Waals surface area contributed by atoms with Crippen molar-refractivity contribution in [3.63, 3.8) is 0 Å². The Morgan fingerprint density at radius 3 is 2.94 bits per heavy atom. The Hall–Kier alpha value is -1.81. The van der Waals surface area contributed by atoms with Crippen LogP contribution in [0.4, 0.5) is 14.5 Å². The van der Waals surface area contributed by atoms with Gasteiger partial charge in [0.05, 0.1) is 24.4 Å². The van der Waals surface area contributed by atoms with Gasteiger partial charge in [0.1, 0.15) is 5.84 Å². The summed E-state index contributed by atoms with van der Waals surface area (Å²) in [6, 6.07) is 3.76. The molecule has 0 spiro atoms. The van der Waals surface area contributed by atoms with E-state index < -0.39 is 5.92 Å². The van der Waals surface area contributed by atoms with Crippen LogP contribution < -0.4 is 10.5 Å². The molecule has 3 aliphatic rings. The lowest BCUT2D eigenvalue weighted by molar-refractivity contribution is 0.0173. The fourth-order valence-electron chi connectivity index (χ4n) is 4.18. The first-order chi connectivity index (χ1) is 14.8. The Morgan fingerprint density at radius 2 is 2.16 bits per heavy atom. The predicted octanol–water partition coefficient (Wildman–Crippen LogP) is 5.05. The second-order valence-electron chi connectivity index (χ2n) is 8.04. The van der Waals surface area contributed by atoms with Gasteiger partial charge in [-0.15, -0.1) is 0 Å². The minimum absolute atomic E-state index is 0.0901. The van der Waals surface area contributed by atoms with Crippen molar-refractivity contribution in [1.29, 1.82) is 0 Å². The second kappa shape index (κ2) is 8.97. The highest BCUT2D eigenvalue weighted by Crippen LogP contribution is 2.42. The van der Waals surface area contributed by atoms with Gasteiger partial charge in [0.2, 0.25) is 0 Å². The van der Waals surface area contributed by atoms with Crippen LogP contribution in [-0.2, 0) is 0 Å². The van der Waals surface area contributed by atoms with Gasteiger partial charge >= 0.3 is 0 Å². The van der Waals surface area contributed by atoms with E-state index in [1.807, 2.05) is 26.0 Å². The molecule has 0 bridgehead atoms. The van der Waals surface area contributed by atoms with Crippen molar-refractivity contribution in [2.45, 2.75) is 45.1 Å². The van der Waals surface area contributed by atoms with Crippen LogP contribution >= 0.6 is 24.1 Å². The zero-order valence-electron chi connectivity index (χ0n) is 17.5. The molecule has 0 aromatic heterocycles. The number of fused-ring (bicyclic) bond motifs is 1. The van der Waals surface area contributed by atoms with Gasteiger partial charge in [-0.05, 0) is 73.1 Å². The minimum Gasteiger partial charge on any atom is -0.396 e. The summed E-state index contributed by atoms with van der Waals surface area (Å²) in [6.45, 7) is 3.67. The number of benzene rings is 1. The molecule has 1 aromatic carbocycles. The summed E-state index contributed by atoms with van der Waals surface area (Å²) >= 11 is 2.58. The van der Waals surface area contributed by atoms with Gasteiger partial charge in [0.15, 0.2) is 0 Å². The molecule has 0 radical (unpaired) electrons. The van der Waals surface area contributed by atoms with Crippen molar-refractivity contribution in [2.24, 2.45) is 10.1 Å². The van der Waals surface area contributed by atoms with Gasteiger partial charge in [0.25, 0.3) is 5.92 Å². The van der Waals surface area contributed by atoms with Crippen LogP contribution in [0.2, 0.25) is 0 Å². The SMILES string of the molecule is CC1=CCC(c2ccc3c(c2C)C(N)=NSN3)=CC=C1SN1CC(F)(F)CC1CCO. The number of nitrogens with one attached hydrogen (secondary N) is 1. The Bertz CT molecular complexity index is 1000. The average molecular weight is 465 g/mol. The van der Waals surface area contributed by atoms with Crippen molar-refractivity contribution >= 4 is 41.2 Å². The zero-order chi connectivity index (χ0) is 22.2. The van der Waals surface area contributed by atoms with E-state index in [0.29, 0.717) is 12.3 Å². The molecular formula is C22H26F2N4OS2. The molecule has 1 unspecified atom stereocenters. The fourth-order valence-corrected chi connectivity index (χ4v) is 5.87. The highest BCUT2D eigenvalue weighted by molar-refractivity contribution is 8.01. The molecule has 2 aliphatic heterocycles. The monoisotopic (exact) mass is 464 g/mol. The lowest BCUT2D eigenvalue weighted by Gasteiger charge is -2.23. The minimum atomic E-state index is -2.72. The van der Waals surface area contributed by atoms with Crippen molar-refractivity contribution in [2.75, 3.05) is 17.9 Å². The molecule has 0 saturated carbocycles. The van der Waals surface area contributed by atoms with Crippen LogP contribution in [0.5, 0.6) is 0 Å². The highest BCUT2D eigenvalue weighted by atomic mass is 32.2. The maximum Gasteiger partial charge on any atom is 0.263 e. The number of anilines is 1. The Kier molecular flexibility index (Phi) is 6.48. The van der Waals surface area contributed by atoms with E-state index >= 15 is 0 Å². The molecule has 4 N–H and O–H groups in total. The number of amidine groups is 1. The molecule has 1 aromatic rings. The lowest BCUT2D eigenvalue weighted by atomic mass is 9.92. The number of aliphatic hydroxyl groups is 1. The molecule has 9 heteroatoms. The molecule has 1 fully saturated rings. The third kappa shape index (κ3) is 4.69. The number of rotatable bonds is 5. The summed E-state index contributed by atoms with van der Waals surface area (Å²) in [5, 5.41) is 9.27. The van der Waals surface area contributed by atoms with Crippen molar-refractivity contribution < 1.29 is 13.9 Å². The first kappa shape index (κ1) is 22.4. The third-order valence-corrected chi connectivity index (χ3v) is 7.74. The fraction of sp³-hybridized carbons (Fsp3) is 0.409. The highest BCUT2D eigenvalue weighted by Gasteiger charge is 2.45. The Labute approximate surface area is 190 Å². The smallest absolute Gasteiger partial charge is 0.263 e. The summed E-state index contributed by atoms with van der Waals surface area (Å²) < 4.78 is 37.1. The zero-order valence-corrected chi connectivity index (χ0v) is 19.1. The number of nitrogens with two attached hydrogens (primary N) is 1. The van der Waals surface area contributed by atoms with Gasteiger partial charge < -0.3 is 15.6 Å². The van der Waals surface area contributed by atoms with E-state index in [1.165, 1.54) is 24.1 Å². The molecule has 31 heavy (non-hydrogen) atoms. The molecular weight excluding hydrogens is 438 g/mol. The number of allylic oxidation sites excluding steroid dienone is 5. The van der Waals surface area contributed by atoms with Crippen LogP contribution in [0.15, 0.2) is 45.2 Å². The van der Waals surface area contributed by atoms with Gasteiger partial charge in [-0.1, -0.05) is 18.2 Å². The van der Waals surface area contributed by atoms with Crippen molar-refractivity contribution in [3.05, 3.63) is 57.5 Å². The summed E-state index contributed by atoms with van der Waals surface area (Å²) in [6.07, 6.45) is 7.09. The number of nitrogens with zero attached hydrogens (tertiary/aromatic N) is 2. The largest absolute Gasteiger partial charge is 0.396 e. The molecule has 1 saturated heterocycles. The van der Waals surface area contributed by atoms with E-state index in [9.17, 15) is 13.9 Å². The predicted molar refractivity (Wildman–Crippen MR) is 127 cm³/mol. The normalized spacial score (nSPS) is 23.2. The van der Waals surface area contributed by atoms with E-state index in [2.05, 4.69) is 27.3 Å². The van der Waals surface area contributed by atoms with Crippen LogP contribution in [0.25, 0.3) is 5.57 Å². The number of hydrogen-bond donors (Lipinski definition) is 3. The topological polar surface area (TPSA) is 73.9 Å². The molecule has 4 rings (SSSR count). The van der Waals surface area contributed by atoms with E-state index in [1.54, 1.807) is 4.31 Å². The van der Waals surface area contributed by atoms with Gasteiger partial charge in [0, 0.05) is 29.5 Å². The number of hydrogen-bond acceptors (Lipinski definition) is 7. The van der Waals surface area contributed by atoms with Crippen LogP contribution in [0.1, 0.15) is 42.9 Å². The first-order valence-electron chi connectivity index (χ1n) is 10.2.